The van der Waals surface area contributed by atoms with Crippen molar-refractivity contribution in [2.24, 2.45) is 0 Å². The van der Waals surface area contributed by atoms with Gasteiger partial charge in [-0.1, -0.05) is 44.2 Å². The van der Waals surface area contributed by atoms with Gasteiger partial charge in [-0.15, -0.1) is 0 Å². The lowest BCUT2D eigenvalue weighted by molar-refractivity contribution is -0.142. The van der Waals surface area contributed by atoms with E-state index in [1.54, 1.807) is 4.90 Å². The Morgan fingerprint density at radius 3 is 2.15 bits per heavy atom. The molecule has 1 aliphatic heterocycles. The Labute approximate surface area is 155 Å². The molecule has 1 N–H and O–H groups in total. The quantitative estimate of drug-likeness (QED) is 0.794. The number of benzene rings is 1. The minimum atomic E-state index is -0.886. The number of nitrogens with zero attached hydrogens (tertiary/aromatic N) is 2. The highest BCUT2D eigenvalue weighted by Crippen LogP contribution is 2.26. The smallest absolute Gasteiger partial charge is 0.325 e. The molecule has 0 aromatic heterocycles. The standard InChI is InChI=1S/C20H29N3O3/c1-6-20(7-2)17(25)22(18(26)21-20)14-16(24)23(19(3,4)5)13-15-11-9-8-10-12-15/h8-12H,6-7,13-14H2,1-5H3,(H,21,26). The molecule has 1 heterocycles. The normalized spacial score (nSPS) is 16.6. The number of hydrogen-bond donors (Lipinski definition) is 1. The molecule has 0 radical (unpaired) electrons. The van der Waals surface area contributed by atoms with Crippen molar-refractivity contribution in [2.45, 2.75) is 65.1 Å². The van der Waals surface area contributed by atoms with Crippen molar-refractivity contribution < 1.29 is 14.4 Å². The summed E-state index contributed by atoms with van der Waals surface area (Å²) in [5.41, 5.74) is -0.313. The van der Waals surface area contributed by atoms with Gasteiger partial charge in [0.05, 0.1) is 0 Å². The van der Waals surface area contributed by atoms with E-state index in [9.17, 15) is 14.4 Å². The molecule has 0 unspecified atom stereocenters. The Hall–Kier alpha value is -2.37. The Balaban J connectivity index is 2.19. The van der Waals surface area contributed by atoms with E-state index in [2.05, 4.69) is 5.32 Å². The van der Waals surface area contributed by atoms with Crippen LogP contribution in [0.4, 0.5) is 4.79 Å². The minimum Gasteiger partial charge on any atom is -0.332 e. The van der Waals surface area contributed by atoms with Crippen molar-refractivity contribution in [3.8, 4) is 0 Å². The van der Waals surface area contributed by atoms with Gasteiger partial charge >= 0.3 is 6.03 Å². The largest absolute Gasteiger partial charge is 0.332 e. The lowest BCUT2D eigenvalue weighted by Gasteiger charge is -2.36. The van der Waals surface area contributed by atoms with E-state index in [0.29, 0.717) is 19.4 Å². The van der Waals surface area contributed by atoms with Crippen molar-refractivity contribution >= 4 is 17.8 Å². The first-order chi connectivity index (χ1) is 12.1. The highest BCUT2D eigenvalue weighted by Gasteiger charge is 2.49. The topological polar surface area (TPSA) is 69.7 Å². The maximum atomic E-state index is 13.0. The SMILES string of the molecule is CCC1(CC)NC(=O)N(CC(=O)N(Cc2ccccc2)C(C)(C)C)C1=O. The average molecular weight is 359 g/mol. The molecule has 1 aliphatic rings. The predicted molar refractivity (Wildman–Crippen MR) is 100 cm³/mol. The summed E-state index contributed by atoms with van der Waals surface area (Å²) in [6.07, 6.45) is 1.01. The number of carbonyl (C=O) groups is 3. The van der Waals surface area contributed by atoms with Crippen molar-refractivity contribution in [3.63, 3.8) is 0 Å². The summed E-state index contributed by atoms with van der Waals surface area (Å²) < 4.78 is 0. The molecule has 0 spiro atoms. The van der Waals surface area contributed by atoms with Gasteiger partial charge in [-0.2, -0.15) is 0 Å². The fourth-order valence-electron chi connectivity index (χ4n) is 3.24. The first-order valence-electron chi connectivity index (χ1n) is 9.13. The van der Waals surface area contributed by atoms with E-state index in [4.69, 9.17) is 0 Å². The third-order valence-corrected chi connectivity index (χ3v) is 5.04. The number of imide groups is 1. The van der Waals surface area contributed by atoms with Crippen LogP contribution in [0.2, 0.25) is 0 Å². The summed E-state index contributed by atoms with van der Waals surface area (Å²) in [5, 5.41) is 2.77. The maximum absolute atomic E-state index is 13.0. The number of carbonyl (C=O) groups excluding carboxylic acids is 3. The molecular weight excluding hydrogens is 330 g/mol. The second kappa shape index (κ2) is 7.48. The van der Waals surface area contributed by atoms with Crippen LogP contribution in [-0.2, 0) is 16.1 Å². The predicted octanol–water partition coefficient (Wildman–Crippen LogP) is 2.92. The Bertz CT molecular complexity index is 675. The number of nitrogens with one attached hydrogen (secondary N) is 1. The summed E-state index contributed by atoms with van der Waals surface area (Å²) in [6.45, 7) is 9.76. The van der Waals surface area contributed by atoms with Crippen LogP contribution in [0, 0.1) is 0 Å². The molecule has 1 fully saturated rings. The Morgan fingerprint density at radius 1 is 1.12 bits per heavy atom. The molecule has 0 bridgehead atoms. The van der Waals surface area contributed by atoms with Crippen molar-refractivity contribution in [1.82, 2.24) is 15.1 Å². The van der Waals surface area contributed by atoms with Crippen LogP contribution in [0.1, 0.15) is 53.0 Å². The third-order valence-electron chi connectivity index (χ3n) is 5.04. The fourth-order valence-corrected chi connectivity index (χ4v) is 3.24. The van der Waals surface area contributed by atoms with E-state index in [1.165, 1.54) is 0 Å². The van der Waals surface area contributed by atoms with Crippen LogP contribution in [0.5, 0.6) is 0 Å². The lowest BCUT2D eigenvalue weighted by Crippen LogP contribution is -2.51. The van der Waals surface area contributed by atoms with Gasteiger partial charge in [0.25, 0.3) is 5.91 Å². The highest BCUT2D eigenvalue weighted by molar-refractivity contribution is 6.09. The van der Waals surface area contributed by atoms with Gasteiger partial charge in [-0.3, -0.25) is 14.5 Å². The van der Waals surface area contributed by atoms with Crippen LogP contribution < -0.4 is 5.32 Å². The summed E-state index contributed by atoms with van der Waals surface area (Å²) >= 11 is 0. The maximum Gasteiger partial charge on any atom is 0.325 e. The Kier molecular flexibility index (Phi) is 5.74. The molecule has 0 saturated carbocycles. The fraction of sp³-hybridized carbons (Fsp3) is 0.550. The van der Waals surface area contributed by atoms with Gasteiger partial charge in [0.15, 0.2) is 0 Å². The van der Waals surface area contributed by atoms with E-state index in [0.717, 1.165) is 10.5 Å². The van der Waals surface area contributed by atoms with Crippen LogP contribution in [-0.4, -0.2) is 45.3 Å². The second-order valence-electron chi connectivity index (χ2n) is 7.75. The third kappa shape index (κ3) is 3.89. The van der Waals surface area contributed by atoms with Crippen LogP contribution in [0.25, 0.3) is 0 Å². The number of hydrogen-bond acceptors (Lipinski definition) is 3. The summed E-state index contributed by atoms with van der Waals surface area (Å²) in [7, 11) is 0. The molecule has 142 valence electrons. The van der Waals surface area contributed by atoms with Gasteiger partial charge in [-0.25, -0.2) is 4.79 Å². The first kappa shape index (κ1) is 19.9. The van der Waals surface area contributed by atoms with Crippen molar-refractivity contribution in [2.75, 3.05) is 6.54 Å². The molecule has 6 heteroatoms. The molecule has 1 saturated heterocycles. The molecule has 1 aromatic rings. The molecule has 1 aromatic carbocycles. The number of urea groups is 1. The number of amides is 4. The minimum absolute atomic E-state index is 0.240. The zero-order valence-corrected chi connectivity index (χ0v) is 16.3. The van der Waals surface area contributed by atoms with Crippen LogP contribution in [0.3, 0.4) is 0 Å². The average Bonchev–Trinajstić information content (AvgIpc) is 2.84. The van der Waals surface area contributed by atoms with Crippen LogP contribution >= 0.6 is 0 Å². The van der Waals surface area contributed by atoms with E-state index >= 15 is 0 Å². The van der Waals surface area contributed by atoms with Gasteiger partial charge < -0.3 is 10.2 Å². The molecule has 26 heavy (non-hydrogen) atoms. The zero-order chi connectivity index (χ0) is 19.5. The van der Waals surface area contributed by atoms with Crippen molar-refractivity contribution in [1.29, 1.82) is 0 Å². The van der Waals surface area contributed by atoms with E-state index in [-0.39, 0.29) is 18.4 Å². The Morgan fingerprint density at radius 2 is 1.69 bits per heavy atom. The van der Waals surface area contributed by atoms with Gasteiger partial charge in [-0.05, 0) is 39.2 Å². The lowest BCUT2D eigenvalue weighted by atomic mass is 9.93. The summed E-state index contributed by atoms with van der Waals surface area (Å²) in [6, 6.07) is 9.21. The molecule has 0 atom stereocenters. The van der Waals surface area contributed by atoms with E-state index in [1.807, 2.05) is 65.0 Å². The molecule has 6 nitrogen and oxygen atoms in total. The molecular formula is C20H29N3O3. The monoisotopic (exact) mass is 359 g/mol. The zero-order valence-electron chi connectivity index (χ0n) is 16.3. The number of rotatable bonds is 6. The van der Waals surface area contributed by atoms with Crippen molar-refractivity contribution in [3.05, 3.63) is 35.9 Å². The molecule has 4 amide bonds. The molecule has 0 aliphatic carbocycles. The van der Waals surface area contributed by atoms with Gasteiger partial charge in [0.2, 0.25) is 5.91 Å². The second-order valence-corrected chi connectivity index (χ2v) is 7.75. The van der Waals surface area contributed by atoms with Crippen LogP contribution in [0.15, 0.2) is 30.3 Å². The first-order valence-corrected chi connectivity index (χ1v) is 9.13. The van der Waals surface area contributed by atoms with Gasteiger partial charge in [0.1, 0.15) is 12.1 Å². The summed E-state index contributed by atoms with van der Waals surface area (Å²) in [4.78, 5) is 40.8. The summed E-state index contributed by atoms with van der Waals surface area (Å²) in [5.74, 6) is -0.553. The molecule has 2 rings (SSSR count). The van der Waals surface area contributed by atoms with E-state index < -0.39 is 17.1 Å². The highest BCUT2D eigenvalue weighted by atomic mass is 16.2. The van der Waals surface area contributed by atoms with Gasteiger partial charge in [0, 0.05) is 12.1 Å².